The van der Waals surface area contributed by atoms with Crippen molar-refractivity contribution < 1.29 is 4.42 Å². The Morgan fingerprint density at radius 2 is 0.796 bits per heavy atom. The molecule has 0 bridgehead atoms. The van der Waals surface area contributed by atoms with Gasteiger partial charge in [0.2, 0.25) is 0 Å². The maximum absolute atomic E-state index is 6.46. The van der Waals surface area contributed by atoms with E-state index >= 15 is 0 Å². The summed E-state index contributed by atoms with van der Waals surface area (Å²) in [5.74, 6) is 0.681. The average Bonchev–Trinajstić information content (AvgIpc) is 3.56. The summed E-state index contributed by atoms with van der Waals surface area (Å²) in [6.45, 7) is 0. The summed E-state index contributed by atoms with van der Waals surface area (Å²) >= 11 is 0. The summed E-state index contributed by atoms with van der Waals surface area (Å²) in [6, 6.07) is 59.9. The van der Waals surface area contributed by atoms with E-state index in [0.29, 0.717) is 11.4 Å². The maximum atomic E-state index is 6.46. The van der Waals surface area contributed by atoms with Crippen LogP contribution in [-0.4, -0.2) is 9.97 Å². The van der Waals surface area contributed by atoms with Crippen molar-refractivity contribution in [1.29, 1.82) is 0 Å². The third kappa shape index (κ3) is 4.51. The SMILES string of the molecule is c1ccc(-c2nc(-c3ccccc3)c3oc4ccc(-c5ccc(-c6ccc7c8ccccc8c8ccccc8c7c6)cc5)cc4c3n2)cc1. The molecule has 3 heteroatoms. The monoisotopic (exact) mass is 624 g/mol. The van der Waals surface area contributed by atoms with Crippen molar-refractivity contribution in [2.24, 2.45) is 0 Å². The second-order valence-electron chi connectivity index (χ2n) is 12.5. The number of hydrogen-bond donors (Lipinski definition) is 0. The molecular weight excluding hydrogens is 597 g/mol. The highest BCUT2D eigenvalue weighted by Gasteiger charge is 2.19. The zero-order valence-corrected chi connectivity index (χ0v) is 26.5. The summed E-state index contributed by atoms with van der Waals surface area (Å²) in [6.07, 6.45) is 0. The zero-order chi connectivity index (χ0) is 32.3. The number of rotatable bonds is 4. The molecule has 0 aliphatic rings. The largest absolute Gasteiger partial charge is 0.452 e. The second kappa shape index (κ2) is 11.0. The van der Waals surface area contributed by atoms with E-state index in [2.05, 4.69) is 121 Å². The van der Waals surface area contributed by atoms with Crippen molar-refractivity contribution in [2.45, 2.75) is 0 Å². The van der Waals surface area contributed by atoms with E-state index in [9.17, 15) is 0 Å². The number of benzene rings is 8. The van der Waals surface area contributed by atoms with E-state index in [1.807, 2.05) is 48.5 Å². The van der Waals surface area contributed by atoms with Crippen molar-refractivity contribution in [2.75, 3.05) is 0 Å². The van der Waals surface area contributed by atoms with Gasteiger partial charge in [0.25, 0.3) is 0 Å². The lowest BCUT2D eigenvalue weighted by atomic mass is 9.92. The van der Waals surface area contributed by atoms with Crippen LogP contribution >= 0.6 is 0 Å². The molecular formula is C46H28N2O. The van der Waals surface area contributed by atoms with Crippen LogP contribution in [0.1, 0.15) is 0 Å². The summed E-state index contributed by atoms with van der Waals surface area (Å²) in [5.41, 5.74) is 9.71. The molecule has 0 fully saturated rings. The molecule has 0 radical (unpaired) electrons. The van der Waals surface area contributed by atoms with Gasteiger partial charge in [-0.1, -0.05) is 152 Å². The van der Waals surface area contributed by atoms with Gasteiger partial charge in [-0.3, -0.25) is 0 Å². The van der Waals surface area contributed by atoms with Crippen LogP contribution in [0.3, 0.4) is 0 Å². The molecule has 0 N–H and O–H groups in total. The Bertz CT molecular complexity index is 2820. The Morgan fingerprint density at radius 1 is 0.327 bits per heavy atom. The molecule has 49 heavy (non-hydrogen) atoms. The maximum Gasteiger partial charge on any atom is 0.180 e. The van der Waals surface area contributed by atoms with Gasteiger partial charge in [-0.2, -0.15) is 0 Å². The second-order valence-corrected chi connectivity index (χ2v) is 12.5. The smallest absolute Gasteiger partial charge is 0.180 e. The number of furan rings is 1. The minimum absolute atomic E-state index is 0.681. The van der Waals surface area contributed by atoms with Gasteiger partial charge in [-0.05, 0) is 72.8 Å². The number of fused-ring (bicyclic) bond motifs is 9. The Hall–Kier alpha value is -6.58. The van der Waals surface area contributed by atoms with Crippen molar-refractivity contribution in [1.82, 2.24) is 9.97 Å². The predicted octanol–water partition coefficient (Wildman–Crippen LogP) is 12.5. The fraction of sp³-hybridized carbons (Fsp3) is 0. The van der Waals surface area contributed by atoms with Crippen molar-refractivity contribution >= 4 is 54.4 Å². The molecule has 0 saturated carbocycles. The summed E-state index contributed by atoms with van der Waals surface area (Å²) in [5, 5.41) is 8.69. The Morgan fingerprint density at radius 3 is 1.41 bits per heavy atom. The predicted molar refractivity (Wildman–Crippen MR) is 204 cm³/mol. The average molecular weight is 625 g/mol. The van der Waals surface area contributed by atoms with Crippen molar-refractivity contribution in [3.8, 4) is 44.9 Å². The first-order chi connectivity index (χ1) is 24.3. The minimum Gasteiger partial charge on any atom is -0.452 e. The highest BCUT2D eigenvalue weighted by atomic mass is 16.3. The van der Waals surface area contributed by atoms with E-state index in [0.717, 1.165) is 44.4 Å². The van der Waals surface area contributed by atoms with Crippen LogP contribution < -0.4 is 0 Å². The summed E-state index contributed by atoms with van der Waals surface area (Å²) in [7, 11) is 0. The topological polar surface area (TPSA) is 38.9 Å². The molecule has 0 unspecified atom stereocenters. The van der Waals surface area contributed by atoms with Crippen LogP contribution in [0.15, 0.2) is 174 Å². The van der Waals surface area contributed by atoms with Crippen molar-refractivity contribution in [3.05, 3.63) is 170 Å². The van der Waals surface area contributed by atoms with Crippen LogP contribution in [0, 0.1) is 0 Å². The Labute approximate surface area is 282 Å². The minimum atomic E-state index is 0.681. The lowest BCUT2D eigenvalue weighted by Gasteiger charge is -2.12. The molecule has 10 aromatic rings. The van der Waals surface area contributed by atoms with Gasteiger partial charge in [0.15, 0.2) is 11.4 Å². The van der Waals surface area contributed by atoms with Gasteiger partial charge >= 0.3 is 0 Å². The van der Waals surface area contributed by atoms with E-state index in [4.69, 9.17) is 14.4 Å². The quantitative estimate of drug-likeness (QED) is 0.183. The first kappa shape index (κ1) is 27.5. The van der Waals surface area contributed by atoms with Crippen LogP contribution in [0.25, 0.3) is 99.3 Å². The molecule has 8 aromatic carbocycles. The molecule has 0 spiro atoms. The molecule has 10 rings (SSSR count). The van der Waals surface area contributed by atoms with Gasteiger partial charge in [0.05, 0.1) is 0 Å². The summed E-state index contributed by atoms with van der Waals surface area (Å²) in [4.78, 5) is 10.1. The molecule has 0 amide bonds. The van der Waals surface area contributed by atoms with Gasteiger partial charge in [-0.25, -0.2) is 9.97 Å². The van der Waals surface area contributed by atoms with E-state index in [1.165, 1.54) is 43.4 Å². The number of aromatic nitrogens is 2. The zero-order valence-electron chi connectivity index (χ0n) is 26.5. The number of nitrogens with zero attached hydrogens (tertiary/aromatic N) is 2. The van der Waals surface area contributed by atoms with Gasteiger partial charge in [0, 0.05) is 16.5 Å². The lowest BCUT2D eigenvalue weighted by molar-refractivity contribution is 0.667. The fourth-order valence-corrected chi connectivity index (χ4v) is 7.27. The van der Waals surface area contributed by atoms with E-state index < -0.39 is 0 Å². The van der Waals surface area contributed by atoms with Crippen LogP contribution in [-0.2, 0) is 0 Å². The first-order valence-corrected chi connectivity index (χ1v) is 16.6. The van der Waals surface area contributed by atoms with E-state index in [-0.39, 0.29) is 0 Å². The normalized spacial score (nSPS) is 11.7. The van der Waals surface area contributed by atoms with Gasteiger partial charge in [-0.15, -0.1) is 0 Å². The van der Waals surface area contributed by atoms with Crippen LogP contribution in [0.2, 0.25) is 0 Å². The first-order valence-electron chi connectivity index (χ1n) is 16.6. The third-order valence-electron chi connectivity index (χ3n) is 9.69. The molecule has 3 nitrogen and oxygen atoms in total. The standard InChI is InChI=1S/C46H28N2O/c1-3-11-31(12-4-1)43-45-44(48-46(47-43)32-13-5-2-6-14-32)41-28-34(24-26-42(41)49-45)30-21-19-29(20-22-30)33-23-25-39-37-17-8-7-15-35(37)36-16-9-10-18-38(36)40(39)27-33/h1-28H. The highest BCUT2D eigenvalue weighted by Crippen LogP contribution is 2.39. The van der Waals surface area contributed by atoms with Gasteiger partial charge in [0.1, 0.15) is 16.8 Å². The Balaban J connectivity index is 1.08. The Kier molecular flexibility index (Phi) is 6.18. The van der Waals surface area contributed by atoms with Crippen LogP contribution in [0.4, 0.5) is 0 Å². The van der Waals surface area contributed by atoms with Crippen molar-refractivity contribution in [3.63, 3.8) is 0 Å². The molecule has 2 heterocycles. The highest BCUT2D eigenvalue weighted by molar-refractivity contribution is 6.25. The lowest BCUT2D eigenvalue weighted by Crippen LogP contribution is -1.93. The molecule has 0 aliphatic carbocycles. The molecule has 2 aromatic heterocycles. The van der Waals surface area contributed by atoms with E-state index in [1.54, 1.807) is 0 Å². The summed E-state index contributed by atoms with van der Waals surface area (Å²) < 4.78 is 6.46. The molecule has 0 saturated heterocycles. The molecule has 0 atom stereocenters. The third-order valence-corrected chi connectivity index (χ3v) is 9.69. The number of hydrogen-bond acceptors (Lipinski definition) is 3. The molecule has 228 valence electrons. The van der Waals surface area contributed by atoms with Gasteiger partial charge < -0.3 is 4.42 Å². The fourth-order valence-electron chi connectivity index (χ4n) is 7.27. The molecule has 0 aliphatic heterocycles. The van der Waals surface area contributed by atoms with Crippen LogP contribution in [0.5, 0.6) is 0 Å².